The summed E-state index contributed by atoms with van der Waals surface area (Å²) < 4.78 is 17.0. The molecule has 0 fully saturated rings. The lowest BCUT2D eigenvalue weighted by molar-refractivity contribution is -0.121. The molecule has 38 heavy (non-hydrogen) atoms. The number of carbonyl (C=O) groups excluding carboxylic acids is 2. The molecule has 1 aliphatic carbocycles. The first-order valence-electron chi connectivity index (χ1n) is 12.7. The standard InChI is InChI=1S/C28H37N3O7/c1-17(33)31-21-10-8-18-15-24(36-2)27(37-3)28(38-4)26(18)19-9-11-22(23(34)16-20(19)21)29-12-5-7-25(35)30-13-6-14-32/h9,11,15-16,21,32H,5-8,10,12-14H2,1-4H3,(H,29,34)(H,30,35)(H,31,33). The molecule has 10 heteroatoms. The number of methoxy groups -OCH3 is 3. The summed E-state index contributed by atoms with van der Waals surface area (Å²) in [5.41, 5.74) is 3.34. The van der Waals surface area contributed by atoms with Gasteiger partial charge in [0, 0.05) is 38.6 Å². The summed E-state index contributed by atoms with van der Waals surface area (Å²) in [6, 6.07) is 6.66. The van der Waals surface area contributed by atoms with Gasteiger partial charge in [0.25, 0.3) is 0 Å². The van der Waals surface area contributed by atoms with E-state index >= 15 is 0 Å². The van der Waals surface area contributed by atoms with Crippen LogP contribution in [0.2, 0.25) is 0 Å². The predicted molar refractivity (Wildman–Crippen MR) is 145 cm³/mol. The lowest BCUT2D eigenvalue weighted by atomic mass is 9.95. The highest BCUT2D eigenvalue weighted by molar-refractivity contribution is 5.83. The van der Waals surface area contributed by atoms with Crippen LogP contribution in [0.5, 0.6) is 17.2 Å². The van der Waals surface area contributed by atoms with E-state index in [1.807, 2.05) is 12.1 Å². The van der Waals surface area contributed by atoms with Gasteiger partial charge in [0.1, 0.15) is 0 Å². The van der Waals surface area contributed by atoms with Gasteiger partial charge in [-0.05, 0) is 60.6 Å². The highest BCUT2D eigenvalue weighted by Gasteiger charge is 2.29. The van der Waals surface area contributed by atoms with Crippen LogP contribution in [0.15, 0.2) is 29.1 Å². The topological polar surface area (TPSA) is 135 Å². The van der Waals surface area contributed by atoms with Crippen LogP contribution in [-0.4, -0.2) is 57.9 Å². The zero-order valence-electron chi connectivity index (χ0n) is 22.4. The molecule has 0 aliphatic heterocycles. The summed E-state index contributed by atoms with van der Waals surface area (Å²) in [5, 5.41) is 17.7. The van der Waals surface area contributed by atoms with Crippen molar-refractivity contribution in [2.75, 3.05) is 46.3 Å². The normalized spacial score (nSPS) is 13.9. The maximum absolute atomic E-state index is 13.3. The Hall–Kier alpha value is -3.79. The first-order valence-corrected chi connectivity index (χ1v) is 12.7. The van der Waals surface area contributed by atoms with Crippen LogP contribution in [0.1, 0.15) is 49.8 Å². The van der Waals surface area contributed by atoms with Crippen LogP contribution >= 0.6 is 0 Å². The van der Waals surface area contributed by atoms with E-state index in [0.29, 0.717) is 73.7 Å². The molecule has 0 radical (unpaired) electrons. The number of benzene rings is 1. The van der Waals surface area contributed by atoms with Crippen molar-refractivity contribution in [3.05, 3.63) is 45.6 Å². The first-order chi connectivity index (χ1) is 18.3. The van der Waals surface area contributed by atoms with Crippen molar-refractivity contribution in [3.63, 3.8) is 0 Å². The second kappa shape index (κ2) is 13.7. The largest absolute Gasteiger partial charge is 0.493 e. The number of rotatable bonds is 12. The Balaban J connectivity index is 2.00. The number of nitrogens with one attached hydrogen (secondary N) is 3. The average molecular weight is 528 g/mol. The molecule has 2 aromatic rings. The third kappa shape index (κ3) is 6.74. The molecular weight excluding hydrogens is 490 g/mol. The van der Waals surface area contributed by atoms with E-state index in [1.165, 1.54) is 6.92 Å². The van der Waals surface area contributed by atoms with Gasteiger partial charge >= 0.3 is 0 Å². The molecule has 0 aromatic heterocycles. The van der Waals surface area contributed by atoms with Crippen molar-refractivity contribution >= 4 is 17.5 Å². The van der Waals surface area contributed by atoms with Gasteiger partial charge in [0.15, 0.2) is 11.5 Å². The lowest BCUT2D eigenvalue weighted by Crippen LogP contribution is -2.26. The molecule has 4 N–H and O–H groups in total. The number of ether oxygens (including phenoxy) is 3. The molecule has 2 aromatic carbocycles. The molecule has 1 unspecified atom stereocenters. The second-order valence-corrected chi connectivity index (χ2v) is 9.05. The molecule has 0 spiro atoms. The van der Waals surface area contributed by atoms with Gasteiger partial charge in [-0.25, -0.2) is 0 Å². The molecule has 206 valence electrons. The average Bonchev–Trinajstić information content (AvgIpc) is 3.14. The monoisotopic (exact) mass is 527 g/mol. The minimum Gasteiger partial charge on any atom is -0.493 e. The Labute approximate surface area is 222 Å². The SMILES string of the molecule is COc1cc2c(c(OC)c1OC)-c1ccc(NCCCC(=O)NCCCO)c(=O)cc1C(NC(C)=O)CC2. The lowest BCUT2D eigenvalue weighted by Gasteiger charge is -2.19. The van der Waals surface area contributed by atoms with Crippen LogP contribution in [-0.2, 0) is 16.0 Å². The molecule has 0 heterocycles. The van der Waals surface area contributed by atoms with Gasteiger partial charge in [-0.1, -0.05) is 6.07 Å². The molecule has 0 bridgehead atoms. The van der Waals surface area contributed by atoms with E-state index in [1.54, 1.807) is 33.5 Å². The number of fused-ring (bicyclic) bond motifs is 3. The van der Waals surface area contributed by atoms with Crippen molar-refractivity contribution in [2.24, 2.45) is 0 Å². The maximum Gasteiger partial charge on any atom is 0.220 e. The Morgan fingerprint density at radius 3 is 2.45 bits per heavy atom. The van der Waals surface area contributed by atoms with Crippen molar-refractivity contribution < 1.29 is 28.9 Å². The number of carbonyl (C=O) groups is 2. The van der Waals surface area contributed by atoms with E-state index in [9.17, 15) is 14.4 Å². The minimum atomic E-state index is -0.382. The Bertz CT molecular complexity index is 1220. The second-order valence-electron chi connectivity index (χ2n) is 9.05. The first kappa shape index (κ1) is 28.8. The smallest absolute Gasteiger partial charge is 0.220 e. The van der Waals surface area contributed by atoms with E-state index in [4.69, 9.17) is 19.3 Å². The molecule has 0 saturated carbocycles. The minimum absolute atomic E-state index is 0.0303. The highest BCUT2D eigenvalue weighted by atomic mass is 16.5. The van der Waals surface area contributed by atoms with Crippen LogP contribution in [0, 0.1) is 0 Å². The molecule has 3 rings (SSSR count). The molecule has 0 saturated heterocycles. The molecule has 10 nitrogen and oxygen atoms in total. The van der Waals surface area contributed by atoms with Crippen LogP contribution in [0.25, 0.3) is 11.1 Å². The Morgan fingerprint density at radius 1 is 1.03 bits per heavy atom. The van der Waals surface area contributed by atoms with E-state index in [2.05, 4.69) is 16.0 Å². The molecular formula is C28H37N3O7. The van der Waals surface area contributed by atoms with E-state index < -0.39 is 0 Å². The van der Waals surface area contributed by atoms with Crippen LogP contribution in [0.3, 0.4) is 0 Å². The predicted octanol–water partition coefficient (Wildman–Crippen LogP) is 2.55. The van der Waals surface area contributed by atoms with Crippen LogP contribution < -0.4 is 35.6 Å². The number of aryl methyl sites for hydroxylation is 1. The Kier molecular flexibility index (Phi) is 10.3. The van der Waals surface area contributed by atoms with Crippen molar-refractivity contribution in [3.8, 4) is 28.4 Å². The fourth-order valence-electron chi connectivity index (χ4n) is 4.72. The van der Waals surface area contributed by atoms with Crippen molar-refractivity contribution in [1.82, 2.24) is 10.6 Å². The summed E-state index contributed by atoms with van der Waals surface area (Å²) in [5.74, 6) is 1.19. The fraction of sp³-hybridized carbons (Fsp3) is 0.464. The number of amides is 2. The summed E-state index contributed by atoms with van der Waals surface area (Å²) in [6.45, 7) is 2.35. The van der Waals surface area contributed by atoms with Gasteiger partial charge in [-0.2, -0.15) is 0 Å². The fourth-order valence-corrected chi connectivity index (χ4v) is 4.72. The van der Waals surface area contributed by atoms with Gasteiger partial charge in [0.2, 0.25) is 23.0 Å². The van der Waals surface area contributed by atoms with Gasteiger partial charge < -0.3 is 35.3 Å². The third-order valence-corrected chi connectivity index (χ3v) is 6.47. The molecule has 2 amide bonds. The summed E-state index contributed by atoms with van der Waals surface area (Å²) in [6.07, 6.45) is 2.55. The number of hydrogen-bond donors (Lipinski definition) is 4. The number of aliphatic hydroxyl groups excluding tert-OH is 1. The van der Waals surface area contributed by atoms with Crippen LogP contribution in [0.4, 0.5) is 5.69 Å². The zero-order chi connectivity index (χ0) is 27.7. The maximum atomic E-state index is 13.3. The summed E-state index contributed by atoms with van der Waals surface area (Å²) in [7, 11) is 4.66. The van der Waals surface area contributed by atoms with E-state index in [0.717, 1.165) is 16.7 Å². The summed E-state index contributed by atoms with van der Waals surface area (Å²) in [4.78, 5) is 37.2. The Morgan fingerprint density at radius 2 is 1.79 bits per heavy atom. The van der Waals surface area contributed by atoms with Gasteiger partial charge in [-0.3, -0.25) is 14.4 Å². The third-order valence-electron chi connectivity index (χ3n) is 6.47. The van der Waals surface area contributed by atoms with Crippen molar-refractivity contribution in [1.29, 1.82) is 0 Å². The van der Waals surface area contributed by atoms with Crippen molar-refractivity contribution in [2.45, 2.75) is 45.1 Å². The molecule has 1 atom stereocenters. The quantitative estimate of drug-likeness (QED) is 0.309. The number of hydrogen-bond acceptors (Lipinski definition) is 8. The zero-order valence-corrected chi connectivity index (χ0v) is 22.4. The highest BCUT2D eigenvalue weighted by Crippen LogP contribution is 2.50. The molecule has 1 aliphatic rings. The summed E-state index contributed by atoms with van der Waals surface area (Å²) >= 11 is 0. The number of anilines is 1. The van der Waals surface area contributed by atoms with E-state index in [-0.39, 0.29) is 29.9 Å². The van der Waals surface area contributed by atoms with Gasteiger partial charge in [0.05, 0.1) is 33.1 Å². The van der Waals surface area contributed by atoms with Gasteiger partial charge in [-0.15, -0.1) is 0 Å². The number of aliphatic hydroxyl groups is 1.